The van der Waals surface area contributed by atoms with Crippen molar-refractivity contribution in [1.29, 1.82) is 0 Å². The lowest BCUT2D eigenvalue weighted by molar-refractivity contribution is -0.440. The van der Waals surface area contributed by atoms with E-state index in [1.807, 2.05) is 0 Å². The van der Waals surface area contributed by atoms with Gasteiger partial charge in [-0.25, -0.2) is 0 Å². The Kier molecular flexibility index (Phi) is 15.6. The van der Waals surface area contributed by atoms with Crippen LogP contribution in [0.15, 0.2) is 0 Å². The third-order valence-electron chi connectivity index (χ3n) is 7.68. The number of hydrogen-bond acceptors (Lipinski definition) is 4. The molecule has 1 amide bonds. The van der Waals surface area contributed by atoms with E-state index in [1.165, 1.54) is 13.8 Å². The maximum atomic E-state index is 14.3. The van der Waals surface area contributed by atoms with E-state index in [0.717, 1.165) is 4.90 Å². The Morgan fingerprint density at radius 3 is 0.929 bits per heavy atom. The Bertz CT molecular complexity index is 1230. The number of alkyl halides is 26. The number of nitrogens with zero attached hydrogens (tertiary/aromatic N) is 2. The lowest BCUT2D eigenvalue weighted by Gasteiger charge is -2.40. The molecule has 0 saturated carbocycles. The first-order valence-electron chi connectivity index (χ1n) is 14.5. The summed E-state index contributed by atoms with van der Waals surface area (Å²) in [6, 6.07) is 0. The van der Waals surface area contributed by atoms with Crippen LogP contribution in [-0.4, -0.2) is 142 Å². The van der Waals surface area contributed by atoms with Crippen LogP contribution in [-0.2, 0) is 4.79 Å². The summed E-state index contributed by atoms with van der Waals surface area (Å²) in [6.07, 6.45) is -30.7. The molecular formula is C25H26F26N2O3. The average molecular weight is 896 g/mol. The molecule has 2 unspecified atom stereocenters. The third-order valence-corrected chi connectivity index (χ3v) is 7.68. The molecule has 0 fully saturated rings. The molecular weight excluding hydrogens is 870 g/mol. The molecule has 2 atom stereocenters. The highest BCUT2D eigenvalue weighted by Crippen LogP contribution is 2.62. The minimum absolute atomic E-state index is 0.186. The van der Waals surface area contributed by atoms with Crippen LogP contribution in [0.1, 0.15) is 33.1 Å². The van der Waals surface area contributed by atoms with E-state index in [1.54, 1.807) is 0 Å². The van der Waals surface area contributed by atoms with Gasteiger partial charge in [-0.15, -0.1) is 0 Å². The van der Waals surface area contributed by atoms with E-state index in [2.05, 4.69) is 0 Å². The highest BCUT2D eigenvalue weighted by atomic mass is 19.4. The summed E-state index contributed by atoms with van der Waals surface area (Å²) in [6.45, 7) is -3.35. The summed E-state index contributed by atoms with van der Waals surface area (Å²) in [5.41, 5.74) is 0. The molecule has 0 aliphatic carbocycles. The molecule has 0 saturated heterocycles. The monoisotopic (exact) mass is 896 g/mol. The van der Waals surface area contributed by atoms with Gasteiger partial charge in [-0.2, -0.15) is 114 Å². The summed E-state index contributed by atoms with van der Waals surface area (Å²) in [4.78, 5) is 12.9. The van der Waals surface area contributed by atoms with Gasteiger partial charge in [0.05, 0.1) is 12.2 Å². The molecule has 0 heterocycles. The first-order chi connectivity index (χ1) is 24.3. The zero-order valence-corrected chi connectivity index (χ0v) is 27.3. The topological polar surface area (TPSA) is 64.0 Å². The summed E-state index contributed by atoms with van der Waals surface area (Å²) in [7, 11) is 0. The van der Waals surface area contributed by atoms with Crippen LogP contribution >= 0.6 is 0 Å². The van der Waals surface area contributed by atoms with Crippen molar-refractivity contribution in [3.8, 4) is 0 Å². The molecule has 0 aromatic heterocycles. The van der Waals surface area contributed by atoms with Gasteiger partial charge in [0.15, 0.2) is 0 Å². The molecule has 0 aliphatic heterocycles. The van der Waals surface area contributed by atoms with Crippen LogP contribution in [0, 0.1) is 0 Å². The molecule has 31 heteroatoms. The Hall–Kier alpha value is -2.47. The highest BCUT2D eigenvalue weighted by molar-refractivity contribution is 5.76. The van der Waals surface area contributed by atoms with Gasteiger partial charge >= 0.3 is 71.6 Å². The Morgan fingerprint density at radius 2 is 0.696 bits per heavy atom. The number of aliphatic hydroxyl groups is 2. The number of amides is 1. The van der Waals surface area contributed by atoms with E-state index in [0.29, 0.717) is 0 Å². The number of hydrogen-bond donors (Lipinski definition) is 2. The Labute approximate surface area is 295 Å². The van der Waals surface area contributed by atoms with E-state index >= 15 is 0 Å². The zero-order chi connectivity index (χ0) is 45.5. The number of aliphatic hydroxyl groups excluding tert-OH is 2. The van der Waals surface area contributed by atoms with Gasteiger partial charge in [-0.05, 0) is 13.8 Å². The van der Waals surface area contributed by atoms with Crippen molar-refractivity contribution >= 4 is 5.91 Å². The summed E-state index contributed by atoms with van der Waals surface area (Å²) < 4.78 is 349. The van der Waals surface area contributed by atoms with Crippen molar-refractivity contribution < 1.29 is 129 Å². The molecule has 2 N–H and O–H groups in total. The molecule has 5 nitrogen and oxygen atoms in total. The fourth-order valence-corrected chi connectivity index (χ4v) is 4.42. The molecule has 0 radical (unpaired) electrons. The quantitative estimate of drug-likeness (QED) is 0.114. The summed E-state index contributed by atoms with van der Waals surface area (Å²) in [5, 5.41) is 19.7. The van der Waals surface area contributed by atoms with Crippen molar-refractivity contribution in [2.24, 2.45) is 0 Å². The zero-order valence-electron chi connectivity index (χ0n) is 27.3. The van der Waals surface area contributed by atoms with Crippen LogP contribution in [0.2, 0.25) is 0 Å². The fourth-order valence-electron chi connectivity index (χ4n) is 4.42. The van der Waals surface area contributed by atoms with Crippen LogP contribution in [0.3, 0.4) is 0 Å². The van der Waals surface area contributed by atoms with Crippen LogP contribution in [0.4, 0.5) is 114 Å². The van der Waals surface area contributed by atoms with E-state index in [4.69, 9.17) is 0 Å². The smallest absolute Gasteiger partial charge is 0.392 e. The van der Waals surface area contributed by atoms with E-state index < -0.39 is 129 Å². The van der Waals surface area contributed by atoms with Crippen LogP contribution < -0.4 is 0 Å². The van der Waals surface area contributed by atoms with Crippen molar-refractivity contribution in [3.05, 3.63) is 0 Å². The third kappa shape index (κ3) is 9.36. The molecule has 0 bridgehead atoms. The minimum Gasteiger partial charge on any atom is -0.392 e. The van der Waals surface area contributed by atoms with Crippen LogP contribution in [0.25, 0.3) is 0 Å². The van der Waals surface area contributed by atoms with Gasteiger partial charge in [-0.3, -0.25) is 9.69 Å². The normalized spacial score (nSPS) is 16.7. The first-order valence-corrected chi connectivity index (χ1v) is 14.5. The van der Waals surface area contributed by atoms with Gasteiger partial charge in [0.25, 0.3) is 0 Å². The highest BCUT2D eigenvalue weighted by Gasteiger charge is 2.92. The maximum Gasteiger partial charge on any atom is 0.460 e. The van der Waals surface area contributed by atoms with E-state index in [-0.39, 0.29) is 18.0 Å². The second-order valence-electron chi connectivity index (χ2n) is 11.8. The van der Waals surface area contributed by atoms with Gasteiger partial charge < -0.3 is 15.1 Å². The van der Waals surface area contributed by atoms with Gasteiger partial charge in [-0.1, -0.05) is 0 Å². The standard InChI is InChI=1S/C25H26F26N2O3/c1-3-53(4-2)13(56)5-6-52(9-11(54)7-14(26,27)16(30,31)18(34,35)20(38,39)22(42,43)24(46,47)48)10-12(55)8-15(28,29)17(32,33)19(36,37)21(40,41)23(44,45)25(49,50)51/h11-12,54-55H,3-10H2,1-2H3. The number of halogens is 26. The van der Waals surface area contributed by atoms with Crippen molar-refractivity contribution in [3.63, 3.8) is 0 Å². The summed E-state index contributed by atoms with van der Waals surface area (Å²) in [5.74, 6) is -80.8. The molecule has 0 rings (SSSR count). The van der Waals surface area contributed by atoms with Gasteiger partial charge in [0.2, 0.25) is 5.91 Å². The van der Waals surface area contributed by atoms with Crippen LogP contribution in [0.5, 0.6) is 0 Å². The van der Waals surface area contributed by atoms with Gasteiger partial charge in [0, 0.05) is 52.0 Å². The number of rotatable bonds is 21. The van der Waals surface area contributed by atoms with Crippen molar-refractivity contribution in [2.75, 3.05) is 32.7 Å². The predicted molar refractivity (Wildman–Crippen MR) is 132 cm³/mol. The fraction of sp³-hybridized carbons (Fsp3) is 0.960. The molecule has 0 aliphatic rings. The molecule has 0 aromatic rings. The average Bonchev–Trinajstić information content (AvgIpc) is 2.97. The Morgan fingerprint density at radius 1 is 0.446 bits per heavy atom. The molecule has 0 spiro atoms. The van der Waals surface area contributed by atoms with Crippen molar-refractivity contribution in [1.82, 2.24) is 9.80 Å². The lowest BCUT2D eigenvalue weighted by Crippen LogP contribution is -2.70. The lowest BCUT2D eigenvalue weighted by atomic mass is 9.91. The Balaban J connectivity index is 6.69. The second kappa shape index (κ2) is 16.3. The maximum absolute atomic E-state index is 14.3. The number of carbonyl (C=O) groups excluding carboxylic acids is 1. The van der Waals surface area contributed by atoms with Crippen molar-refractivity contribution in [2.45, 2.75) is 117 Å². The molecule has 336 valence electrons. The first kappa shape index (κ1) is 53.5. The molecule has 56 heavy (non-hydrogen) atoms. The largest absolute Gasteiger partial charge is 0.460 e. The number of carbonyl (C=O) groups is 1. The second-order valence-corrected chi connectivity index (χ2v) is 11.8. The molecule has 0 aromatic carbocycles. The van der Waals surface area contributed by atoms with E-state index in [9.17, 15) is 129 Å². The SMILES string of the molecule is CCN(CC)C(=O)CCN(CC(O)CC(F)(F)C(F)(F)C(F)(F)C(F)(F)C(F)(F)C(F)(F)F)CC(O)CC(F)(F)C(F)(F)C(F)(F)C(F)(F)C(F)(F)C(F)(F)F. The van der Waals surface area contributed by atoms with Gasteiger partial charge in [0.1, 0.15) is 0 Å². The predicted octanol–water partition coefficient (Wildman–Crippen LogP) is 8.53. The summed E-state index contributed by atoms with van der Waals surface area (Å²) >= 11 is 0. The minimum atomic E-state index is -8.38.